The van der Waals surface area contributed by atoms with Gasteiger partial charge in [-0.2, -0.15) is 0 Å². The summed E-state index contributed by atoms with van der Waals surface area (Å²) >= 11 is 3.02. The van der Waals surface area contributed by atoms with Crippen molar-refractivity contribution in [3.63, 3.8) is 0 Å². The fourth-order valence-corrected chi connectivity index (χ4v) is 5.19. The first kappa shape index (κ1) is 18.1. The molecule has 0 bridgehead atoms. The van der Waals surface area contributed by atoms with E-state index >= 15 is 0 Å². The van der Waals surface area contributed by atoms with Crippen molar-refractivity contribution in [2.75, 3.05) is 24.5 Å². The van der Waals surface area contributed by atoms with Crippen molar-refractivity contribution in [2.24, 2.45) is 5.92 Å². The molecule has 2 aromatic heterocycles. The Kier molecular flexibility index (Phi) is 5.22. The van der Waals surface area contributed by atoms with Crippen LogP contribution in [0, 0.1) is 5.92 Å². The van der Waals surface area contributed by atoms with Crippen LogP contribution in [-0.4, -0.2) is 41.3 Å². The van der Waals surface area contributed by atoms with E-state index in [4.69, 9.17) is 0 Å². The molecule has 0 N–H and O–H groups in total. The molecule has 7 heteroatoms. The third kappa shape index (κ3) is 3.61. The van der Waals surface area contributed by atoms with Gasteiger partial charge < -0.3 is 4.90 Å². The minimum atomic E-state index is -0.0515. The first-order valence-corrected chi connectivity index (χ1v) is 10.9. The zero-order valence-electron chi connectivity index (χ0n) is 15.1. The van der Waals surface area contributed by atoms with Crippen LogP contribution in [0.1, 0.15) is 29.4 Å². The van der Waals surface area contributed by atoms with Gasteiger partial charge in [-0.1, -0.05) is 29.5 Å². The molecule has 0 saturated carbocycles. The van der Waals surface area contributed by atoms with E-state index in [2.05, 4.69) is 4.98 Å². The number of hydrogen-bond donors (Lipinski definition) is 0. The molecule has 0 unspecified atom stereocenters. The van der Waals surface area contributed by atoms with Gasteiger partial charge in [0.2, 0.25) is 5.91 Å². The Morgan fingerprint density at radius 2 is 1.96 bits per heavy atom. The molecule has 4 rings (SSSR count). The zero-order valence-corrected chi connectivity index (χ0v) is 16.8. The molecule has 1 fully saturated rings. The SMILES string of the molecule is CCN(C(=O)C1CCN(C(=O)c2cccs2)CC1)c1nc2ccccc2s1. The third-order valence-corrected chi connectivity index (χ3v) is 6.88. The number of aromatic nitrogens is 1. The van der Waals surface area contributed by atoms with Crippen molar-refractivity contribution in [1.82, 2.24) is 9.88 Å². The van der Waals surface area contributed by atoms with Crippen LogP contribution in [0.2, 0.25) is 0 Å². The Labute approximate surface area is 166 Å². The van der Waals surface area contributed by atoms with Crippen LogP contribution in [0.3, 0.4) is 0 Å². The molecule has 3 heterocycles. The van der Waals surface area contributed by atoms with Crippen molar-refractivity contribution in [3.05, 3.63) is 46.7 Å². The molecule has 1 saturated heterocycles. The van der Waals surface area contributed by atoms with E-state index in [1.807, 2.05) is 53.6 Å². The number of benzene rings is 1. The lowest BCUT2D eigenvalue weighted by atomic mass is 9.95. The number of thiophene rings is 1. The van der Waals surface area contributed by atoms with E-state index < -0.39 is 0 Å². The van der Waals surface area contributed by atoms with Gasteiger partial charge >= 0.3 is 0 Å². The number of piperidine rings is 1. The number of amides is 2. The summed E-state index contributed by atoms with van der Waals surface area (Å²) in [4.78, 5) is 34.7. The first-order chi connectivity index (χ1) is 13.2. The van der Waals surface area contributed by atoms with Crippen LogP contribution in [0.15, 0.2) is 41.8 Å². The second-order valence-corrected chi connectivity index (χ2v) is 8.55. The van der Waals surface area contributed by atoms with Gasteiger partial charge in [-0.25, -0.2) is 4.98 Å². The average molecular weight is 400 g/mol. The van der Waals surface area contributed by atoms with Crippen LogP contribution < -0.4 is 4.90 Å². The maximum absolute atomic E-state index is 13.1. The summed E-state index contributed by atoms with van der Waals surface area (Å²) in [5.41, 5.74) is 0.931. The van der Waals surface area contributed by atoms with Crippen LogP contribution >= 0.6 is 22.7 Å². The van der Waals surface area contributed by atoms with Crippen LogP contribution in [-0.2, 0) is 4.79 Å². The predicted octanol–water partition coefficient (Wildman–Crippen LogP) is 4.26. The number of hydrogen-bond acceptors (Lipinski definition) is 5. The minimum Gasteiger partial charge on any atom is -0.338 e. The number of fused-ring (bicyclic) bond motifs is 1. The lowest BCUT2D eigenvalue weighted by molar-refractivity contribution is -0.123. The molecule has 0 radical (unpaired) electrons. The molecule has 1 aromatic carbocycles. The second-order valence-electron chi connectivity index (χ2n) is 6.59. The summed E-state index contributed by atoms with van der Waals surface area (Å²) in [6.07, 6.45) is 1.41. The summed E-state index contributed by atoms with van der Waals surface area (Å²) in [6, 6.07) is 11.7. The summed E-state index contributed by atoms with van der Waals surface area (Å²) in [5.74, 6) is 0.151. The molecule has 27 heavy (non-hydrogen) atoms. The average Bonchev–Trinajstić information content (AvgIpc) is 3.38. The summed E-state index contributed by atoms with van der Waals surface area (Å²) in [6.45, 7) is 3.85. The molecule has 2 amide bonds. The van der Waals surface area contributed by atoms with Crippen molar-refractivity contribution in [3.8, 4) is 0 Å². The fraction of sp³-hybridized carbons (Fsp3) is 0.350. The van der Waals surface area contributed by atoms with Crippen LogP contribution in [0.4, 0.5) is 5.13 Å². The van der Waals surface area contributed by atoms with Crippen LogP contribution in [0.25, 0.3) is 10.2 Å². The fourth-order valence-electron chi connectivity index (χ4n) is 3.47. The van der Waals surface area contributed by atoms with Gasteiger partial charge in [0.15, 0.2) is 5.13 Å². The molecule has 1 aliphatic heterocycles. The number of thiazole rings is 1. The largest absolute Gasteiger partial charge is 0.338 e. The number of nitrogens with zero attached hydrogens (tertiary/aromatic N) is 3. The topological polar surface area (TPSA) is 53.5 Å². The maximum atomic E-state index is 13.1. The Hall–Kier alpha value is -2.25. The molecule has 5 nitrogen and oxygen atoms in total. The van der Waals surface area contributed by atoms with E-state index in [0.29, 0.717) is 32.5 Å². The molecule has 1 aliphatic rings. The molecule has 140 valence electrons. The Bertz CT molecular complexity index is 910. The second kappa shape index (κ2) is 7.78. The highest BCUT2D eigenvalue weighted by Crippen LogP contribution is 2.31. The quantitative estimate of drug-likeness (QED) is 0.659. The highest BCUT2D eigenvalue weighted by molar-refractivity contribution is 7.22. The number of rotatable bonds is 4. The standard InChI is InChI=1S/C20H21N3O2S2/c1-2-23(20-21-15-6-3-4-7-16(15)27-20)18(24)14-9-11-22(12-10-14)19(25)17-8-5-13-26-17/h3-8,13-14H,2,9-12H2,1H3. The van der Waals surface area contributed by atoms with E-state index in [1.54, 1.807) is 16.2 Å². The smallest absolute Gasteiger partial charge is 0.263 e. The number of carbonyl (C=O) groups excluding carboxylic acids is 2. The van der Waals surface area contributed by atoms with E-state index in [1.165, 1.54) is 11.3 Å². The van der Waals surface area contributed by atoms with Crippen LogP contribution in [0.5, 0.6) is 0 Å². The molecule has 0 spiro atoms. The Balaban J connectivity index is 1.44. The van der Waals surface area contributed by atoms with Crippen molar-refractivity contribution >= 4 is 49.8 Å². The van der Waals surface area contributed by atoms with Gasteiger partial charge in [0, 0.05) is 25.6 Å². The summed E-state index contributed by atoms with van der Waals surface area (Å²) in [5, 5.41) is 2.68. The van der Waals surface area contributed by atoms with E-state index in [9.17, 15) is 9.59 Å². The number of carbonyl (C=O) groups is 2. The molecule has 0 aliphatic carbocycles. The number of likely N-dealkylation sites (tertiary alicyclic amines) is 1. The number of anilines is 1. The first-order valence-electron chi connectivity index (χ1n) is 9.17. The van der Waals surface area contributed by atoms with Crippen molar-refractivity contribution < 1.29 is 9.59 Å². The normalized spacial score (nSPS) is 15.2. The molecular weight excluding hydrogens is 378 g/mol. The van der Waals surface area contributed by atoms with Crippen molar-refractivity contribution in [2.45, 2.75) is 19.8 Å². The highest BCUT2D eigenvalue weighted by atomic mass is 32.1. The van der Waals surface area contributed by atoms with Crippen molar-refractivity contribution in [1.29, 1.82) is 0 Å². The molecule has 3 aromatic rings. The molecule has 0 atom stereocenters. The van der Waals surface area contributed by atoms with Gasteiger partial charge in [-0.15, -0.1) is 11.3 Å². The van der Waals surface area contributed by atoms with E-state index in [-0.39, 0.29) is 17.7 Å². The van der Waals surface area contributed by atoms with Gasteiger partial charge in [-0.05, 0) is 43.3 Å². The lowest BCUT2D eigenvalue weighted by Crippen LogP contribution is -2.44. The van der Waals surface area contributed by atoms with Gasteiger partial charge in [0.05, 0.1) is 15.1 Å². The summed E-state index contributed by atoms with van der Waals surface area (Å²) in [7, 11) is 0. The highest BCUT2D eigenvalue weighted by Gasteiger charge is 2.31. The zero-order chi connectivity index (χ0) is 18.8. The van der Waals surface area contributed by atoms with Gasteiger partial charge in [-0.3, -0.25) is 14.5 Å². The Morgan fingerprint density at radius 1 is 1.19 bits per heavy atom. The number of para-hydroxylation sites is 1. The van der Waals surface area contributed by atoms with Gasteiger partial charge in [0.1, 0.15) is 0 Å². The molecular formula is C20H21N3O2S2. The third-order valence-electron chi connectivity index (χ3n) is 4.96. The predicted molar refractivity (Wildman–Crippen MR) is 111 cm³/mol. The Morgan fingerprint density at radius 3 is 2.63 bits per heavy atom. The summed E-state index contributed by atoms with van der Waals surface area (Å²) < 4.78 is 1.09. The van der Waals surface area contributed by atoms with Gasteiger partial charge in [0.25, 0.3) is 5.91 Å². The monoisotopic (exact) mass is 399 g/mol. The maximum Gasteiger partial charge on any atom is 0.263 e. The van der Waals surface area contributed by atoms with E-state index in [0.717, 1.165) is 20.2 Å². The lowest BCUT2D eigenvalue weighted by Gasteiger charge is -2.33. The minimum absolute atomic E-state index is 0.0515.